The zero-order valence-corrected chi connectivity index (χ0v) is 24.4. The molecule has 4 aromatic rings. The van der Waals surface area contributed by atoms with E-state index in [9.17, 15) is 4.79 Å². The second-order valence-corrected chi connectivity index (χ2v) is 11.1. The van der Waals surface area contributed by atoms with Gasteiger partial charge in [0.1, 0.15) is 6.61 Å². The van der Waals surface area contributed by atoms with Crippen molar-refractivity contribution >= 4 is 23.9 Å². The fraction of sp³-hybridized carbons (Fsp3) is 0.290. The standard InChI is InChI=1S/C31H35N5O3S/c1-6-36-29(24-13-15-25(16-14-24)31(2,3)4)34-35-30(36)40-21-28(37)33-32-19-23-12-17-26(38-5)27(18-23)39-20-22-10-8-7-9-11-22/h7-19H,6,20-21H2,1-5H3,(H,33,37). The van der Waals surface area contributed by atoms with Gasteiger partial charge in [-0.05, 0) is 47.2 Å². The van der Waals surface area contributed by atoms with Crippen LogP contribution in [0.1, 0.15) is 44.4 Å². The normalized spacial score (nSPS) is 11.5. The van der Waals surface area contributed by atoms with E-state index in [0.717, 1.165) is 22.5 Å². The van der Waals surface area contributed by atoms with Gasteiger partial charge in [-0.3, -0.25) is 4.79 Å². The van der Waals surface area contributed by atoms with Gasteiger partial charge in [-0.1, -0.05) is 87.1 Å². The molecule has 0 aliphatic rings. The summed E-state index contributed by atoms with van der Waals surface area (Å²) in [6, 6.07) is 23.8. The summed E-state index contributed by atoms with van der Waals surface area (Å²) < 4.78 is 13.4. The van der Waals surface area contributed by atoms with Crippen LogP contribution in [0.25, 0.3) is 11.4 Å². The number of rotatable bonds is 11. The van der Waals surface area contributed by atoms with Gasteiger partial charge in [0.2, 0.25) is 0 Å². The number of hydrazone groups is 1. The van der Waals surface area contributed by atoms with Crippen LogP contribution in [0.5, 0.6) is 11.5 Å². The van der Waals surface area contributed by atoms with Crippen LogP contribution in [-0.4, -0.2) is 39.7 Å². The van der Waals surface area contributed by atoms with Crippen molar-refractivity contribution in [3.05, 3.63) is 89.5 Å². The zero-order chi connectivity index (χ0) is 28.5. The van der Waals surface area contributed by atoms with Crippen molar-refractivity contribution in [2.24, 2.45) is 5.10 Å². The van der Waals surface area contributed by atoms with Crippen LogP contribution in [0.2, 0.25) is 0 Å². The van der Waals surface area contributed by atoms with E-state index >= 15 is 0 Å². The van der Waals surface area contributed by atoms with Crippen molar-refractivity contribution in [1.29, 1.82) is 0 Å². The molecule has 3 aromatic carbocycles. The van der Waals surface area contributed by atoms with Crippen LogP contribution in [0.4, 0.5) is 0 Å². The van der Waals surface area contributed by atoms with E-state index in [-0.39, 0.29) is 17.1 Å². The summed E-state index contributed by atoms with van der Waals surface area (Å²) >= 11 is 1.33. The Morgan fingerprint density at radius 2 is 1.77 bits per heavy atom. The van der Waals surface area contributed by atoms with Crippen LogP contribution in [0.15, 0.2) is 83.1 Å². The lowest BCUT2D eigenvalue weighted by Gasteiger charge is -2.19. The number of hydrogen-bond acceptors (Lipinski definition) is 7. The van der Waals surface area contributed by atoms with Gasteiger partial charge in [0.15, 0.2) is 22.5 Å². The first-order valence-electron chi connectivity index (χ1n) is 13.1. The maximum absolute atomic E-state index is 12.5. The zero-order valence-electron chi connectivity index (χ0n) is 23.5. The average Bonchev–Trinajstić information content (AvgIpc) is 3.38. The maximum atomic E-state index is 12.5. The molecule has 40 heavy (non-hydrogen) atoms. The number of carbonyl (C=O) groups is 1. The van der Waals surface area contributed by atoms with Gasteiger partial charge in [-0.25, -0.2) is 5.43 Å². The Morgan fingerprint density at radius 3 is 2.45 bits per heavy atom. The van der Waals surface area contributed by atoms with E-state index in [2.05, 4.69) is 65.8 Å². The lowest BCUT2D eigenvalue weighted by Crippen LogP contribution is -2.20. The summed E-state index contributed by atoms with van der Waals surface area (Å²) in [6.45, 7) is 9.72. The smallest absolute Gasteiger partial charge is 0.250 e. The van der Waals surface area contributed by atoms with Crippen LogP contribution in [0.3, 0.4) is 0 Å². The quantitative estimate of drug-likeness (QED) is 0.136. The first-order chi connectivity index (χ1) is 19.3. The molecule has 1 amide bonds. The highest BCUT2D eigenvalue weighted by molar-refractivity contribution is 7.99. The second-order valence-electron chi connectivity index (χ2n) is 10.1. The van der Waals surface area contributed by atoms with Gasteiger partial charge < -0.3 is 14.0 Å². The molecule has 8 nitrogen and oxygen atoms in total. The molecular weight excluding hydrogens is 522 g/mol. The predicted octanol–water partition coefficient (Wildman–Crippen LogP) is 6.09. The minimum atomic E-state index is -0.239. The van der Waals surface area contributed by atoms with E-state index in [1.807, 2.05) is 60.0 Å². The SMILES string of the molecule is CCn1c(SCC(=O)NN=Cc2ccc(OC)c(OCc3ccccc3)c2)nnc1-c1ccc(C(C)(C)C)cc1. The maximum Gasteiger partial charge on any atom is 0.250 e. The molecule has 0 saturated carbocycles. The molecular formula is C31H35N5O3S. The molecule has 0 unspecified atom stereocenters. The van der Waals surface area contributed by atoms with E-state index in [0.29, 0.717) is 29.8 Å². The third kappa shape index (κ3) is 7.51. The molecule has 208 valence electrons. The summed E-state index contributed by atoms with van der Waals surface area (Å²) in [6.07, 6.45) is 1.57. The van der Waals surface area contributed by atoms with Crippen LogP contribution >= 0.6 is 11.8 Å². The minimum absolute atomic E-state index is 0.0830. The Balaban J connectivity index is 1.34. The minimum Gasteiger partial charge on any atom is -0.493 e. The summed E-state index contributed by atoms with van der Waals surface area (Å²) in [5.41, 5.74) is 6.74. The number of amides is 1. The number of ether oxygens (including phenoxy) is 2. The topological polar surface area (TPSA) is 90.6 Å². The molecule has 0 aliphatic heterocycles. The van der Waals surface area contributed by atoms with Gasteiger partial charge in [0, 0.05) is 12.1 Å². The van der Waals surface area contributed by atoms with Gasteiger partial charge in [0.25, 0.3) is 5.91 Å². The highest BCUT2D eigenvalue weighted by Crippen LogP contribution is 2.29. The Bertz CT molecular complexity index is 1440. The summed E-state index contributed by atoms with van der Waals surface area (Å²) in [7, 11) is 1.60. The molecule has 0 aliphatic carbocycles. The van der Waals surface area contributed by atoms with Gasteiger partial charge >= 0.3 is 0 Å². The number of aromatic nitrogens is 3. The monoisotopic (exact) mass is 557 g/mol. The molecule has 0 atom stereocenters. The molecule has 0 saturated heterocycles. The summed E-state index contributed by atoms with van der Waals surface area (Å²) in [4.78, 5) is 12.5. The molecule has 0 radical (unpaired) electrons. The van der Waals surface area contributed by atoms with Crippen molar-refractivity contribution in [2.45, 2.75) is 51.4 Å². The van der Waals surface area contributed by atoms with Crippen LogP contribution < -0.4 is 14.9 Å². The van der Waals surface area contributed by atoms with Crippen molar-refractivity contribution in [3.8, 4) is 22.9 Å². The van der Waals surface area contributed by atoms with Crippen molar-refractivity contribution in [1.82, 2.24) is 20.2 Å². The number of thioether (sulfide) groups is 1. The number of nitrogens with one attached hydrogen (secondary N) is 1. The lowest BCUT2D eigenvalue weighted by atomic mass is 9.87. The van der Waals surface area contributed by atoms with E-state index in [4.69, 9.17) is 9.47 Å². The number of hydrogen-bond donors (Lipinski definition) is 1. The molecule has 4 rings (SSSR count). The summed E-state index contributed by atoms with van der Waals surface area (Å²) in [5, 5.41) is 13.5. The van der Waals surface area contributed by atoms with E-state index in [1.54, 1.807) is 13.3 Å². The van der Waals surface area contributed by atoms with Gasteiger partial charge in [0.05, 0.1) is 19.1 Å². The number of methoxy groups -OCH3 is 1. The van der Waals surface area contributed by atoms with Gasteiger partial charge in [-0.15, -0.1) is 10.2 Å². The Morgan fingerprint density at radius 1 is 1.02 bits per heavy atom. The lowest BCUT2D eigenvalue weighted by molar-refractivity contribution is -0.118. The average molecular weight is 558 g/mol. The Kier molecular flexibility index (Phi) is 9.60. The van der Waals surface area contributed by atoms with E-state index < -0.39 is 0 Å². The molecule has 0 bridgehead atoms. The fourth-order valence-corrected chi connectivity index (χ4v) is 4.77. The van der Waals surface area contributed by atoms with Crippen LogP contribution in [0, 0.1) is 0 Å². The Labute approximate surface area is 239 Å². The van der Waals surface area contributed by atoms with Crippen molar-refractivity contribution in [2.75, 3.05) is 12.9 Å². The molecule has 9 heteroatoms. The first kappa shape index (κ1) is 28.9. The molecule has 1 heterocycles. The van der Waals surface area contributed by atoms with Gasteiger partial charge in [-0.2, -0.15) is 5.10 Å². The van der Waals surface area contributed by atoms with Crippen LogP contribution in [-0.2, 0) is 23.4 Å². The predicted molar refractivity (Wildman–Crippen MR) is 160 cm³/mol. The highest BCUT2D eigenvalue weighted by Gasteiger charge is 2.17. The molecule has 0 fully saturated rings. The largest absolute Gasteiger partial charge is 0.493 e. The second kappa shape index (κ2) is 13.3. The van der Waals surface area contributed by atoms with Crippen molar-refractivity contribution in [3.63, 3.8) is 0 Å². The molecule has 0 spiro atoms. The third-order valence-corrected chi connectivity index (χ3v) is 7.17. The third-order valence-electron chi connectivity index (χ3n) is 6.20. The molecule has 1 aromatic heterocycles. The fourth-order valence-electron chi connectivity index (χ4n) is 3.98. The summed E-state index contributed by atoms with van der Waals surface area (Å²) in [5.74, 6) is 1.93. The molecule has 1 N–H and O–H groups in total. The van der Waals surface area contributed by atoms with E-state index in [1.165, 1.54) is 17.3 Å². The number of benzene rings is 3. The Hall–Kier alpha value is -4.11. The number of nitrogens with zero attached hydrogens (tertiary/aromatic N) is 4. The number of carbonyl (C=O) groups excluding carboxylic acids is 1. The first-order valence-corrected chi connectivity index (χ1v) is 14.1. The van der Waals surface area contributed by atoms with Crippen molar-refractivity contribution < 1.29 is 14.3 Å². The highest BCUT2D eigenvalue weighted by atomic mass is 32.2.